The molecule has 1 heterocycles. The van der Waals surface area contributed by atoms with E-state index in [4.69, 9.17) is 37.9 Å². The minimum absolute atomic E-state index is 0.0472. The lowest BCUT2D eigenvalue weighted by Crippen LogP contribution is -2.22. The summed E-state index contributed by atoms with van der Waals surface area (Å²) in [6.07, 6.45) is 0. The van der Waals surface area contributed by atoms with Crippen molar-refractivity contribution in [2.24, 2.45) is 4.99 Å². The van der Waals surface area contributed by atoms with Gasteiger partial charge in [-0.25, -0.2) is 0 Å². The molecule has 1 aliphatic heterocycles. The van der Waals surface area contributed by atoms with Gasteiger partial charge in [0.05, 0.1) is 91.6 Å². The number of aliphatic imine (C=N–C) groups is 1. The van der Waals surface area contributed by atoms with E-state index in [0.717, 1.165) is 17.1 Å². The second-order valence-corrected chi connectivity index (χ2v) is 8.52. The normalized spacial score (nSPS) is 14.2. The van der Waals surface area contributed by atoms with Crippen LogP contribution in [0.25, 0.3) is 0 Å². The highest BCUT2D eigenvalue weighted by Crippen LogP contribution is 2.41. The van der Waals surface area contributed by atoms with Gasteiger partial charge in [0.1, 0.15) is 12.4 Å². The predicted octanol–water partition coefficient (Wildman–Crippen LogP) is 3.20. The maximum Gasteiger partial charge on any atom is 0.119 e. The van der Waals surface area contributed by atoms with E-state index in [0.29, 0.717) is 92.5 Å². The molecular formula is C26H43NO8. The molecule has 0 aromatic heterocycles. The van der Waals surface area contributed by atoms with E-state index in [-0.39, 0.29) is 5.41 Å². The van der Waals surface area contributed by atoms with Gasteiger partial charge < -0.3 is 37.9 Å². The molecule has 0 unspecified atom stereocenters. The third kappa shape index (κ3) is 11.8. The third-order valence-corrected chi connectivity index (χ3v) is 5.62. The Hall–Kier alpha value is -1.59. The number of ether oxygens (including phenoxy) is 8. The van der Waals surface area contributed by atoms with Crippen molar-refractivity contribution >= 4 is 11.4 Å². The summed E-state index contributed by atoms with van der Waals surface area (Å²) in [6.45, 7) is 14.0. The second-order valence-electron chi connectivity index (χ2n) is 8.52. The van der Waals surface area contributed by atoms with Crippen LogP contribution in [0.5, 0.6) is 5.75 Å². The van der Waals surface area contributed by atoms with E-state index < -0.39 is 0 Å². The zero-order valence-electron chi connectivity index (χ0n) is 21.8. The zero-order valence-corrected chi connectivity index (χ0v) is 21.8. The quantitative estimate of drug-likeness (QED) is 0.226. The number of fused-ring (bicyclic) bond motifs is 1. The van der Waals surface area contributed by atoms with Crippen molar-refractivity contribution in [3.8, 4) is 5.75 Å². The first-order valence-electron chi connectivity index (χ1n) is 12.3. The minimum atomic E-state index is -0.0472. The highest BCUT2D eigenvalue weighted by atomic mass is 16.6. The van der Waals surface area contributed by atoms with Crippen molar-refractivity contribution in [1.82, 2.24) is 0 Å². The maximum atomic E-state index is 5.83. The van der Waals surface area contributed by atoms with E-state index in [1.807, 2.05) is 12.1 Å². The molecule has 2 rings (SSSR count). The Bertz CT molecular complexity index is 725. The smallest absolute Gasteiger partial charge is 0.119 e. The topological polar surface area (TPSA) is 86.2 Å². The molecule has 0 spiro atoms. The molecule has 35 heavy (non-hydrogen) atoms. The lowest BCUT2D eigenvalue weighted by molar-refractivity contribution is -0.0199. The Morgan fingerprint density at radius 1 is 0.629 bits per heavy atom. The molecule has 0 fully saturated rings. The average molecular weight is 498 g/mol. The highest BCUT2D eigenvalue weighted by Gasteiger charge is 2.32. The first-order valence-corrected chi connectivity index (χ1v) is 12.3. The highest BCUT2D eigenvalue weighted by molar-refractivity contribution is 5.99. The number of nitrogens with zero attached hydrogens (tertiary/aromatic N) is 1. The number of hydrogen-bond donors (Lipinski definition) is 0. The largest absolute Gasteiger partial charge is 0.491 e. The molecule has 0 amide bonds. The Labute approximate surface area is 210 Å². The van der Waals surface area contributed by atoms with Crippen molar-refractivity contribution < 1.29 is 37.9 Å². The number of methoxy groups -OCH3 is 1. The summed E-state index contributed by atoms with van der Waals surface area (Å²) in [4.78, 5) is 4.63. The molecule has 0 aliphatic carbocycles. The fourth-order valence-electron chi connectivity index (χ4n) is 3.28. The van der Waals surface area contributed by atoms with Crippen LogP contribution in [0.4, 0.5) is 5.69 Å². The minimum Gasteiger partial charge on any atom is -0.491 e. The molecule has 0 saturated heterocycles. The molecule has 1 aromatic carbocycles. The zero-order chi connectivity index (χ0) is 25.2. The van der Waals surface area contributed by atoms with Gasteiger partial charge in [-0.2, -0.15) is 0 Å². The fourth-order valence-corrected chi connectivity index (χ4v) is 3.28. The lowest BCUT2D eigenvalue weighted by atomic mass is 9.82. The van der Waals surface area contributed by atoms with Crippen molar-refractivity contribution in [1.29, 1.82) is 0 Å². The van der Waals surface area contributed by atoms with Crippen LogP contribution in [0.1, 0.15) is 26.3 Å². The summed E-state index contributed by atoms with van der Waals surface area (Å²) in [6, 6.07) is 6.06. The van der Waals surface area contributed by atoms with E-state index in [1.54, 1.807) is 7.11 Å². The van der Waals surface area contributed by atoms with Gasteiger partial charge in [0.15, 0.2) is 0 Å². The van der Waals surface area contributed by atoms with E-state index >= 15 is 0 Å². The molecule has 0 bridgehead atoms. The van der Waals surface area contributed by atoms with Crippen LogP contribution >= 0.6 is 0 Å². The molecule has 9 nitrogen and oxygen atoms in total. The van der Waals surface area contributed by atoms with Gasteiger partial charge >= 0.3 is 0 Å². The van der Waals surface area contributed by atoms with Crippen LogP contribution in [0.3, 0.4) is 0 Å². The molecule has 0 atom stereocenters. The van der Waals surface area contributed by atoms with Gasteiger partial charge in [-0.05, 0) is 30.7 Å². The van der Waals surface area contributed by atoms with Crippen molar-refractivity contribution in [3.05, 3.63) is 23.8 Å². The first kappa shape index (κ1) is 29.6. The van der Waals surface area contributed by atoms with E-state index in [2.05, 4.69) is 31.8 Å². The summed E-state index contributed by atoms with van der Waals surface area (Å²) >= 11 is 0. The van der Waals surface area contributed by atoms with Crippen LogP contribution in [-0.2, 0) is 38.6 Å². The van der Waals surface area contributed by atoms with E-state index in [9.17, 15) is 0 Å². The Morgan fingerprint density at radius 2 is 1.06 bits per heavy atom. The molecular weight excluding hydrogens is 454 g/mol. The first-order chi connectivity index (χ1) is 17.1. The molecule has 200 valence electrons. The molecule has 1 aliphatic rings. The van der Waals surface area contributed by atoms with Crippen molar-refractivity contribution in [3.63, 3.8) is 0 Å². The van der Waals surface area contributed by atoms with Crippen LogP contribution in [-0.4, -0.2) is 105 Å². The van der Waals surface area contributed by atoms with Crippen LogP contribution in [0, 0.1) is 0 Å². The summed E-state index contributed by atoms with van der Waals surface area (Å²) in [5.41, 5.74) is 3.32. The molecule has 1 aromatic rings. The average Bonchev–Trinajstić information content (AvgIpc) is 3.07. The SMILES string of the molecule is COCCOCCOCCOCCOCCOCCOCCOc1ccc2c(c1)C(C)(C)C(C)=N2. The van der Waals surface area contributed by atoms with E-state index in [1.165, 1.54) is 5.56 Å². The maximum absolute atomic E-state index is 5.83. The summed E-state index contributed by atoms with van der Waals surface area (Å²) in [5.74, 6) is 0.846. The number of benzene rings is 1. The third-order valence-electron chi connectivity index (χ3n) is 5.62. The van der Waals surface area contributed by atoms with Gasteiger partial charge in [0.2, 0.25) is 0 Å². The van der Waals surface area contributed by atoms with Crippen LogP contribution in [0.2, 0.25) is 0 Å². The molecule has 0 saturated carbocycles. The van der Waals surface area contributed by atoms with Gasteiger partial charge in [-0.3, -0.25) is 4.99 Å². The lowest BCUT2D eigenvalue weighted by Gasteiger charge is -2.20. The van der Waals surface area contributed by atoms with Crippen LogP contribution < -0.4 is 4.74 Å². The van der Waals surface area contributed by atoms with Gasteiger partial charge in [0, 0.05) is 18.2 Å². The monoisotopic (exact) mass is 497 g/mol. The second kappa shape index (κ2) is 17.8. The standard InChI is InChI=1S/C26H43NO8/c1-22-26(2,3)24-21-23(5-6-25(24)27-22)35-20-19-34-18-17-33-16-15-32-14-13-31-12-11-30-10-9-29-8-7-28-4/h5-6,21H,7-20H2,1-4H3. The Kier molecular flexibility index (Phi) is 15.1. The van der Waals surface area contributed by atoms with Gasteiger partial charge in [-0.15, -0.1) is 0 Å². The predicted molar refractivity (Wildman–Crippen MR) is 135 cm³/mol. The van der Waals surface area contributed by atoms with Gasteiger partial charge in [-0.1, -0.05) is 13.8 Å². The Morgan fingerprint density at radius 3 is 1.51 bits per heavy atom. The Balaban J connectivity index is 1.31. The summed E-state index contributed by atoms with van der Waals surface area (Å²) < 4.78 is 43.4. The number of hydrogen-bond acceptors (Lipinski definition) is 9. The molecule has 0 N–H and O–H groups in total. The molecule has 9 heteroatoms. The fraction of sp³-hybridized carbons (Fsp3) is 0.731. The van der Waals surface area contributed by atoms with Crippen molar-refractivity contribution in [2.45, 2.75) is 26.2 Å². The summed E-state index contributed by atoms with van der Waals surface area (Å²) in [5, 5.41) is 0. The number of rotatable bonds is 22. The van der Waals surface area contributed by atoms with Gasteiger partial charge in [0.25, 0.3) is 0 Å². The molecule has 0 radical (unpaired) electrons. The van der Waals surface area contributed by atoms with Crippen molar-refractivity contribution in [2.75, 3.05) is 99.6 Å². The van der Waals surface area contributed by atoms with Crippen LogP contribution in [0.15, 0.2) is 23.2 Å². The summed E-state index contributed by atoms with van der Waals surface area (Å²) in [7, 11) is 1.65.